The fraction of sp³-hybridized carbons (Fsp3) is 0.0714. The maximum atomic E-state index is 10.9. The average Bonchev–Trinajstić information content (AvgIpc) is 2.47. The number of oxime groups is 1. The van der Waals surface area contributed by atoms with Gasteiger partial charge in [-0.3, -0.25) is 4.98 Å². The van der Waals surface area contributed by atoms with Gasteiger partial charge < -0.3 is 15.1 Å². The molecule has 0 amide bonds. The Hall–Kier alpha value is -2.31. The minimum atomic E-state index is -1.11. The monoisotopic (exact) mass is 340 g/mol. The Balaban J connectivity index is 2.16. The van der Waals surface area contributed by atoms with Crippen molar-refractivity contribution >= 4 is 34.9 Å². The van der Waals surface area contributed by atoms with Crippen LogP contribution in [-0.2, 0) is 0 Å². The first-order chi connectivity index (χ1) is 10.5. The van der Waals surface area contributed by atoms with Crippen molar-refractivity contribution in [1.82, 2.24) is 4.98 Å². The molecule has 2 aromatic rings. The largest absolute Gasteiger partial charge is 0.487 e. The Labute approximate surface area is 135 Å². The van der Waals surface area contributed by atoms with E-state index < -0.39 is 5.97 Å². The molecule has 8 heteroatoms. The summed E-state index contributed by atoms with van der Waals surface area (Å²) >= 11 is 11.7. The fourth-order valence-corrected chi connectivity index (χ4v) is 2.15. The molecule has 2 N–H and O–H groups in total. The summed E-state index contributed by atoms with van der Waals surface area (Å²) in [7, 11) is 0. The van der Waals surface area contributed by atoms with Gasteiger partial charge in [0, 0.05) is 16.2 Å². The number of hydrogen-bond donors (Lipinski definition) is 2. The van der Waals surface area contributed by atoms with Gasteiger partial charge in [-0.15, -0.1) is 0 Å². The lowest BCUT2D eigenvalue weighted by molar-refractivity contribution is 0.0696. The number of benzene rings is 1. The van der Waals surface area contributed by atoms with Gasteiger partial charge in [-0.1, -0.05) is 28.4 Å². The number of aromatic nitrogens is 1. The molecule has 0 aliphatic heterocycles. The Morgan fingerprint density at radius 2 is 1.91 bits per heavy atom. The summed E-state index contributed by atoms with van der Waals surface area (Å²) < 4.78 is 5.43. The standard InChI is InChI=1S/C14H10Cl2N2O4/c15-9-4-10(16)6-11(5-9)22-7-13(18-21)12-3-8(14(19)20)1-2-17-12/h1-6,21H,7H2,(H,19,20)/b18-13+. The second-order valence-electron chi connectivity index (χ2n) is 4.18. The molecule has 0 saturated carbocycles. The lowest BCUT2D eigenvalue weighted by Crippen LogP contribution is -2.15. The number of aromatic carboxylic acids is 1. The molecule has 2 rings (SSSR count). The van der Waals surface area contributed by atoms with Crippen LogP contribution in [0.3, 0.4) is 0 Å². The smallest absolute Gasteiger partial charge is 0.335 e. The van der Waals surface area contributed by atoms with Gasteiger partial charge in [-0.25, -0.2) is 4.79 Å². The van der Waals surface area contributed by atoms with Gasteiger partial charge in [0.05, 0.1) is 11.3 Å². The third-order valence-electron chi connectivity index (χ3n) is 2.63. The SMILES string of the molecule is O=C(O)c1ccnc(/C(COc2cc(Cl)cc(Cl)c2)=N/O)c1. The number of hydrogen-bond acceptors (Lipinski definition) is 5. The Morgan fingerprint density at radius 3 is 2.50 bits per heavy atom. The third-order valence-corrected chi connectivity index (χ3v) is 3.07. The highest BCUT2D eigenvalue weighted by Crippen LogP contribution is 2.24. The van der Waals surface area contributed by atoms with Crippen molar-refractivity contribution in [2.45, 2.75) is 0 Å². The fourth-order valence-electron chi connectivity index (χ4n) is 1.64. The van der Waals surface area contributed by atoms with E-state index >= 15 is 0 Å². The molecular formula is C14H10Cl2N2O4. The summed E-state index contributed by atoms with van der Waals surface area (Å²) in [6, 6.07) is 7.26. The van der Waals surface area contributed by atoms with Gasteiger partial charge in [0.15, 0.2) is 0 Å². The van der Waals surface area contributed by atoms with E-state index in [1.807, 2.05) is 0 Å². The van der Waals surface area contributed by atoms with Gasteiger partial charge in [0.2, 0.25) is 0 Å². The van der Waals surface area contributed by atoms with Crippen molar-refractivity contribution in [3.8, 4) is 5.75 Å². The van der Waals surface area contributed by atoms with Gasteiger partial charge >= 0.3 is 5.97 Å². The molecule has 0 bridgehead atoms. The molecule has 1 aromatic carbocycles. The lowest BCUT2D eigenvalue weighted by atomic mass is 10.2. The zero-order chi connectivity index (χ0) is 16.1. The van der Waals surface area contributed by atoms with Gasteiger partial charge in [-0.2, -0.15) is 0 Å². The Kier molecular flexibility index (Phi) is 5.19. The van der Waals surface area contributed by atoms with E-state index in [4.69, 9.17) is 38.3 Å². The van der Waals surface area contributed by atoms with Crippen molar-refractivity contribution < 1.29 is 19.8 Å². The van der Waals surface area contributed by atoms with Crippen LogP contribution in [-0.4, -0.2) is 33.6 Å². The predicted molar refractivity (Wildman–Crippen MR) is 81.5 cm³/mol. The maximum Gasteiger partial charge on any atom is 0.335 e. The molecule has 1 aromatic heterocycles. The summed E-state index contributed by atoms with van der Waals surface area (Å²) in [5.74, 6) is -0.725. The number of nitrogens with zero attached hydrogens (tertiary/aromatic N) is 2. The van der Waals surface area contributed by atoms with Crippen LogP contribution in [0.25, 0.3) is 0 Å². The van der Waals surface area contributed by atoms with Crippen molar-refractivity contribution in [2.75, 3.05) is 6.61 Å². The first kappa shape index (κ1) is 16.1. The summed E-state index contributed by atoms with van der Waals surface area (Å²) in [5.41, 5.74) is 0.284. The molecule has 0 fully saturated rings. The zero-order valence-corrected chi connectivity index (χ0v) is 12.5. The number of carboxylic acid groups (broad SMARTS) is 1. The van der Waals surface area contributed by atoms with Crippen LogP contribution in [0.4, 0.5) is 0 Å². The van der Waals surface area contributed by atoms with Crippen LogP contribution < -0.4 is 4.74 Å². The first-order valence-corrected chi connectivity index (χ1v) is 6.74. The van der Waals surface area contributed by atoms with Crippen molar-refractivity contribution in [1.29, 1.82) is 0 Å². The van der Waals surface area contributed by atoms with Crippen LogP contribution in [0.5, 0.6) is 5.75 Å². The summed E-state index contributed by atoms with van der Waals surface area (Å²) in [6.45, 7) is -0.136. The van der Waals surface area contributed by atoms with Crippen molar-refractivity contribution in [2.24, 2.45) is 5.16 Å². The molecule has 0 unspecified atom stereocenters. The molecule has 0 spiro atoms. The summed E-state index contributed by atoms with van der Waals surface area (Å²) in [6.07, 6.45) is 1.31. The molecule has 1 heterocycles. The number of halogens is 2. The van der Waals surface area contributed by atoms with Gasteiger partial charge in [0.25, 0.3) is 0 Å². The minimum absolute atomic E-state index is 0.0250. The first-order valence-electron chi connectivity index (χ1n) is 5.99. The maximum absolute atomic E-state index is 10.9. The zero-order valence-electron chi connectivity index (χ0n) is 11.0. The Bertz CT molecular complexity index is 714. The van der Waals surface area contributed by atoms with Gasteiger partial charge in [0.1, 0.15) is 18.1 Å². The predicted octanol–water partition coefficient (Wildman–Crippen LogP) is 3.34. The highest BCUT2D eigenvalue weighted by molar-refractivity contribution is 6.34. The Morgan fingerprint density at radius 1 is 1.23 bits per heavy atom. The lowest BCUT2D eigenvalue weighted by Gasteiger charge is -2.08. The van der Waals surface area contributed by atoms with Gasteiger partial charge in [-0.05, 0) is 30.3 Å². The molecule has 0 aliphatic carbocycles. The molecule has 6 nitrogen and oxygen atoms in total. The van der Waals surface area contributed by atoms with Crippen LogP contribution in [0.2, 0.25) is 10.0 Å². The highest BCUT2D eigenvalue weighted by atomic mass is 35.5. The molecule has 0 atom stereocenters. The summed E-state index contributed by atoms with van der Waals surface area (Å²) in [5, 5.41) is 21.9. The normalized spacial score (nSPS) is 11.3. The van der Waals surface area contributed by atoms with Crippen molar-refractivity contribution in [3.63, 3.8) is 0 Å². The average molecular weight is 341 g/mol. The van der Waals surface area contributed by atoms with Crippen LogP contribution >= 0.6 is 23.2 Å². The topological polar surface area (TPSA) is 92.0 Å². The second-order valence-corrected chi connectivity index (χ2v) is 5.05. The van der Waals surface area contributed by atoms with E-state index in [2.05, 4.69) is 10.1 Å². The summed E-state index contributed by atoms with van der Waals surface area (Å²) in [4.78, 5) is 14.9. The minimum Gasteiger partial charge on any atom is -0.487 e. The molecule has 0 aliphatic rings. The van der Waals surface area contributed by atoms with E-state index in [0.717, 1.165) is 0 Å². The number of carboxylic acids is 1. The van der Waals surface area contributed by atoms with Crippen LogP contribution in [0.15, 0.2) is 41.7 Å². The van der Waals surface area contributed by atoms with Crippen molar-refractivity contribution in [3.05, 3.63) is 57.8 Å². The van der Waals surface area contributed by atoms with E-state index in [9.17, 15) is 4.79 Å². The number of pyridine rings is 1. The van der Waals surface area contributed by atoms with E-state index in [-0.39, 0.29) is 23.6 Å². The molecule has 0 saturated heterocycles. The van der Waals surface area contributed by atoms with E-state index in [0.29, 0.717) is 15.8 Å². The number of rotatable bonds is 5. The third kappa shape index (κ3) is 4.09. The number of carbonyl (C=O) groups is 1. The molecule has 114 valence electrons. The second kappa shape index (κ2) is 7.11. The molecular weight excluding hydrogens is 331 g/mol. The van der Waals surface area contributed by atoms with E-state index in [1.165, 1.54) is 18.3 Å². The quantitative estimate of drug-likeness (QED) is 0.494. The molecule has 0 radical (unpaired) electrons. The highest BCUT2D eigenvalue weighted by Gasteiger charge is 2.11. The number of ether oxygens (including phenoxy) is 1. The van der Waals surface area contributed by atoms with Crippen LogP contribution in [0, 0.1) is 0 Å². The van der Waals surface area contributed by atoms with E-state index in [1.54, 1.807) is 18.2 Å². The molecule has 22 heavy (non-hydrogen) atoms. The van der Waals surface area contributed by atoms with Crippen LogP contribution in [0.1, 0.15) is 16.1 Å².